The summed E-state index contributed by atoms with van der Waals surface area (Å²) in [4.78, 5) is 40.6. The monoisotopic (exact) mass is 430 g/mol. The van der Waals surface area contributed by atoms with Crippen molar-refractivity contribution in [2.24, 2.45) is 0 Å². The third-order valence-corrected chi connectivity index (χ3v) is 5.16. The highest BCUT2D eigenvalue weighted by molar-refractivity contribution is 5.95. The fourth-order valence-corrected chi connectivity index (χ4v) is 3.53. The fraction of sp³-hybridized carbons (Fsp3) is 0.167. The molecule has 32 heavy (non-hydrogen) atoms. The number of hydrogen-bond donors (Lipinski definition) is 2. The molecule has 0 fully saturated rings. The van der Waals surface area contributed by atoms with Gasteiger partial charge in [-0.15, -0.1) is 0 Å². The van der Waals surface area contributed by atoms with Crippen molar-refractivity contribution in [3.63, 3.8) is 0 Å². The SMILES string of the molecule is COC(=O)C(Cc1c[nH]c2ccccc12)NC(=O)c1ccc(=O)n(Cc2ccccc2)n1. The van der Waals surface area contributed by atoms with Crippen LogP contribution in [0.4, 0.5) is 0 Å². The van der Waals surface area contributed by atoms with Gasteiger partial charge in [-0.25, -0.2) is 9.48 Å². The molecule has 0 saturated heterocycles. The van der Waals surface area contributed by atoms with Gasteiger partial charge in [0.15, 0.2) is 0 Å². The topological polar surface area (TPSA) is 106 Å². The molecule has 2 aromatic heterocycles. The van der Waals surface area contributed by atoms with Crippen molar-refractivity contribution in [3.05, 3.63) is 100 Å². The summed E-state index contributed by atoms with van der Waals surface area (Å²) in [5.41, 5.74) is 2.40. The Morgan fingerprint density at radius 2 is 1.81 bits per heavy atom. The summed E-state index contributed by atoms with van der Waals surface area (Å²) >= 11 is 0. The quantitative estimate of drug-likeness (QED) is 0.438. The van der Waals surface area contributed by atoms with Crippen molar-refractivity contribution in [1.29, 1.82) is 0 Å². The number of nitrogens with zero attached hydrogens (tertiary/aromatic N) is 2. The molecular formula is C24H22N4O4. The second-order valence-corrected chi connectivity index (χ2v) is 7.31. The van der Waals surface area contributed by atoms with Crippen LogP contribution in [0.15, 0.2) is 77.7 Å². The van der Waals surface area contributed by atoms with Crippen LogP contribution in [0.2, 0.25) is 0 Å². The highest BCUT2D eigenvalue weighted by Crippen LogP contribution is 2.19. The van der Waals surface area contributed by atoms with Crippen molar-refractivity contribution < 1.29 is 14.3 Å². The van der Waals surface area contributed by atoms with Gasteiger partial charge < -0.3 is 15.0 Å². The van der Waals surface area contributed by atoms with Crippen LogP contribution in [-0.4, -0.2) is 39.8 Å². The Morgan fingerprint density at radius 3 is 2.59 bits per heavy atom. The molecule has 8 nitrogen and oxygen atoms in total. The number of benzene rings is 2. The predicted molar refractivity (Wildman–Crippen MR) is 119 cm³/mol. The first-order valence-corrected chi connectivity index (χ1v) is 10.1. The molecule has 0 aliphatic carbocycles. The van der Waals surface area contributed by atoms with E-state index in [9.17, 15) is 14.4 Å². The van der Waals surface area contributed by atoms with Gasteiger partial charge in [0.2, 0.25) is 0 Å². The lowest BCUT2D eigenvalue weighted by Gasteiger charge is -2.16. The molecular weight excluding hydrogens is 408 g/mol. The number of aromatic nitrogens is 3. The number of amides is 1. The maximum Gasteiger partial charge on any atom is 0.328 e. The minimum atomic E-state index is -0.914. The van der Waals surface area contributed by atoms with Crippen LogP contribution in [0, 0.1) is 0 Å². The summed E-state index contributed by atoms with van der Waals surface area (Å²) in [5, 5.41) is 7.84. The van der Waals surface area contributed by atoms with Crippen molar-refractivity contribution in [1.82, 2.24) is 20.1 Å². The molecule has 1 atom stereocenters. The van der Waals surface area contributed by atoms with E-state index in [1.165, 1.54) is 23.9 Å². The summed E-state index contributed by atoms with van der Waals surface area (Å²) < 4.78 is 6.11. The number of H-pyrrole nitrogens is 1. The van der Waals surface area contributed by atoms with Crippen molar-refractivity contribution in [2.75, 3.05) is 7.11 Å². The Bertz CT molecular complexity index is 1310. The Kier molecular flexibility index (Phi) is 6.12. The number of para-hydroxylation sites is 1. The molecule has 2 heterocycles. The van der Waals surface area contributed by atoms with Crippen molar-refractivity contribution >= 4 is 22.8 Å². The lowest BCUT2D eigenvalue weighted by molar-refractivity contribution is -0.142. The van der Waals surface area contributed by atoms with E-state index in [-0.39, 0.29) is 24.2 Å². The zero-order valence-corrected chi connectivity index (χ0v) is 17.4. The van der Waals surface area contributed by atoms with E-state index in [1.807, 2.05) is 60.8 Å². The summed E-state index contributed by atoms with van der Waals surface area (Å²) in [6, 6.07) is 18.8. The summed E-state index contributed by atoms with van der Waals surface area (Å²) in [6.45, 7) is 0.233. The maximum atomic E-state index is 12.9. The summed E-state index contributed by atoms with van der Waals surface area (Å²) in [7, 11) is 1.27. The molecule has 0 aliphatic rings. The van der Waals surface area contributed by atoms with Gasteiger partial charge in [-0.3, -0.25) is 9.59 Å². The number of esters is 1. The van der Waals surface area contributed by atoms with Crippen LogP contribution in [0.3, 0.4) is 0 Å². The van der Waals surface area contributed by atoms with Gasteiger partial charge in [-0.2, -0.15) is 5.10 Å². The Hall–Kier alpha value is -4.20. The second kappa shape index (κ2) is 9.30. The molecule has 1 unspecified atom stereocenters. The van der Waals surface area contributed by atoms with Crippen LogP contribution >= 0.6 is 0 Å². The zero-order valence-electron chi connectivity index (χ0n) is 17.4. The van der Waals surface area contributed by atoms with E-state index in [4.69, 9.17) is 4.74 Å². The second-order valence-electron chi connectivity index (χ2n) is 7.31. The zero-order chi connectivity index (χ0) is 22.5. The van der Waals surface area contributed by atoms with Crippen LogP contribution in [0.1, 0.15) is 21.6 Å². The number of fused-ring (bicyclic) bond motifs is 1. The average molecular weight is 430 g/mol. The van der Waals surface area contributed by atoms with Crippen molar-refractivity contribution in [3.8, 4) is 0 Å². The number of rotatable bonds is 7. The van der Waals surface area contributed by atoms with E-state index in [0.29, 0.717) is 0 Å². The summed E-state index contributed by atoms with van der Waals surface area (Å²) in [5.74, 6) is -1.14. The van der Waals surface area contributed by atoms with Gasteiger partial charge in [-0.1, -0.05) is 48.5 Å². The third kappa shape index (κ3) is 4.59. The molecule has 8 heteroatoms. The first-order chi connectivity index (χ1) is 15.5. The van der Waals surface area contributed by atoms with Gasteiger partial charge in [0.1, 0.15) is 11.7 Å². The van der Waals surface area contributed by atoms with E-state index in [0.717, 1.165) is 22.0 Å². The van der Waals surface area contributed by atoms with Gasteiger partial charge >= 0.3 is 5.97 Å². The standard InChI is InChI=1S/C24H22N4O4/c1-32-24(31)21(13-17-14-25-19-10-6-5-9-18(17)19)26-23(30)20-11-12-22(29)28(27-20)15-16-7-3-2-4-8-16/h2-12,14,21,25H,13,15H2,1H3,(H,26,30). The number of ether oxygens (including phenoxy) is 1. The molecule has 4 aromatic rings. The Balaban J connectivity index is 1.55. The molecule has 0 aliphatic heterocycles. The normalized spacial score (nSPS) is 11.8. The minimum absolute atomic E-state index is 0.0355. The van der Waals surface area contributed by atoms with E-state index in [2.05, 4.69) is 15.4 Å². The number of hydrogen-bond acceptors (Lipinski definition) is 5. The molecule has 0 bridgehead atoms. The van der Waals surface area contributed by atoms with Crippen LogP contribution in [0.25, 0.3) is 10.9 Å². The molecule has 162 valence electrons. The highest BCUT2D eigenvalue weighted by Gasteiger charge is 2.24. The van der Waals surface area contributed by atoms with E-state index < -0.39 is 17.9 Å². The fourth-order valence-electron chi connectivity index (χ4n) is 3.53. The first kappa shape index (κ1) is 21.0. The lowest BCUT2D eigenvalue weighted by Crippen LogP contribution is -2.43. The highest BCUT2D eigenvalue weighted by atomic mass is 16.5. The van der Waals surface area contributed by atoms with Crippen LogP contribution in [-0.2, 0) is 22.5 Å². The molecule has 0 radical (unpaired) electrons. The minimum Gasteiger partial charge on any atom is -0.467 e. The van der Waals surface area contributed by atoms with Gasteiger partial charge in [0.05, 0.1) is 13.7 Å². The molecule has 0 saturated carbocycles. The number of carbonyl (C=O) groups is 2. The van der Waals surface area contributed by atoms with Crippen molar-refractivity contribution in [2.45, 2.75) is 19.0 Å². The number of nitrogens with one attached hydrogen (secondary N) is 2. The number of methoxy groups -OCH3 is 1. The van der Waals surface area contributed by atoms with Gasteiger partial charge in [0, 0.05) is 29.6 Å². The third-order valence-electron chi connectivity index (χ3n) is 5.16. The molecule has 2 N–H and O–H groups in total. The molecule has 1 amide bonds. The molecule has 2 aromatic carbocycles. The first-order valence-electron chi connectivity index (χ1n) is 10.1. The summed E-state index contributed by atoms with van der Waals surface area (Å²) in [6.07, 6.45) is 2.05. The largest absolute Gasteiger partial charge is 0.467 e. The van der Waals surface area contributed by atoms with E-state index in [1.54, 1.807) is 0 Å². The van der Waals surface area contributed by atoms with Gasteiger partial charge in [-0.05, 0) is 23.3 Å². The van der Waals surface area contributed by atoms with Crippen LogP contribution in [0.5, 0.6) is 0 Å². The average Bonchev–Trinajstić information content (AvgIpc) is 3.23. The number of aromatic amines is 1. The Labute approximate surface area is 183 Å². The maximum absolute atomic E-state index is 12.9. The lowest BCUT2D eigenvalue weighted by atomic mass is 10.0. The Morgan fingerprint density at radius 1 is 1.06 bits per heavy atom. The number of carbonyl (C=O) groups excluding carboxylic acids is 2. The van der Waals surface area contributed by atoms with Crippen LogP contribution < -0.4 is 10.9 Å². The molecule has 0 spiro atoms. The molecule has 4 rings (SSSR count). The predicted octanol–water partition coefficient (Wildman–Crippen LogP) is 2.29. The van der Waals surface area contributed by atoms with E-state index >= 15 is 0 Å². The van der Waals surface area contributed by atoms with Gasteiger partial charge in [0.25, 0.3) is 11.5 Å². The smallest absolute Gasteiger partial charge is 0.328 e.